The fraction of sp³-hybridized carbons (Fsp3) is 0.860. The highest BCUT2D eigenvalue weighted by Gasteiger charge is 2.24. The molecular weight excluding hydrogens is 779 g/mol. The van der Waals surface area contributed by atoms with Crippen molar-refractivity contribution < 1.29 is 24.5 Å². The molecule has 1 amide bonds. The number of hydrogen-bond donors (Lipinski definition) is 3. The molecule has 0 aromatic carbocycles. The number of rotatable bonds is 50. The Bertz CT molecular complexity index is 1040. The maximum absolute atomic E-state index is 13.2. The Morgan fingerprint density at radius 3 is 1.30 bits per heavy atom. The lowest BCUT2D eigenvalue weighted by atomic mass is 10.0. The van der Waals surface area contributed by atoms with Gasteiger partial charge in [0.15, 0.2) is 0 Å². The number of aliphatic hydroxyl groups is 2. The smallest absolute Gasteiger partial charge is 0.306 e. The lowest BCUT2D eigenvalue weighted by Gasteiger charge is -2.24. The summed E-state index contributed by atoms with van der Waals surface area (Å²) >= 11 is 0. The predicted molar refractivity (Wildman–Crippen MR) is 273 cm³/mol. The zero-order chi connectivity index (χ0) is 45.9. The van der Waals surface area contributed by atoms with Crippen LogP contribution in [0.5, 0.6) is 0 Å². The van der Waals surface area contributed by atoms with Gasteiger partial charge in [-0.1, -0.05) is 256 Å². The first-order chi connectivity index (χ1) is 31.0. The molecule has 0 saturated heterocycles. The van der Waals surface area contributed by atoms with Crippen LogP contribution in [0.4, 0.5) is 0 Å². The van der Waals surface area contributed by atoms with Crippen LogP contribution in [0.3, 0.4) is 0 Å². The second-order valence-corrected chi connectivity index (χ2v) is 19.0. The van der Waals surface area contributed by atoms with Gasteiger partial charge >= 0.3 is 5.97 Å². The van der Waals surface area contributed by atoms with Crippen molar-refractivity contribution in [2.75, 3.05) is 6.61 Å². The third kappa shape index (κ3) is 46.4. The molecule has 0 aliphatic heterocycles. The van der Waals surface area contributed by atoms with Crippen LogP contribution in [0.1, 0.15) is 290 Å². The molecular formula is C57H107NO5. The highest BCUT2D eigenvalue weighted by atomic mass is 16.5. The predicted octanol–water partition coefficient (Wildman–Crippen LogP) is 16.8. The Kier molecular flexibility index (Phi) is 49.5. The molecule has 0 rings (SSSR count). The second-order valence-electron chi connectivity index (χ2n) is 19.0. The molecule has 0 spiro atoms. The summed E-state index contributed by atoms with van der Waals surface area (Å²) < 4.78 is 5.94. The molecule has 0 fully saturated rings. The first-order valence-corrected chi connectivity index (χ1v) is 27.7. The molecule has 0 aliphatic rings. The second kappa shape index (κ2) is 51.1. The van der Waals surface area contributed by atoms with Gasteiger partial charge in [0.25, 0.3) is 0 Å². The van der Waals surface area contributed by atoms with Crippen molar-refractivity contribution in [2.24, 2.45) is 0 Å². The summed E-state index contributed by atoms with van der Waals surface area (Å²) in [6.07, 6.45) is 60.6. The zero-order valence-electron chi connectivity index (χ0n) is 42.2. The number of carbonyl (C=O) groups excluding carboxylic acids is 2. The number of aliphatic hydroxyl groups excluding tert-OH is 2. The maximum atomic E-state index is 13.2. The molecule has 370 valence electrons. The van der Waals surface area contributed by atoms with Gasteiger partial charge in [0.05, 0.1) is 25.2 Å². The number of allylic oxidation sites excluding steroid dienone is 6. The van der Waals surface area contributed by atoms with Crippen LogP contribution < -0.4 is 5.32 Å². The highest BCUT2D eigenvalue weighted by Crippen LogP contribution is 2.19. The fourth-order valence-corrected chi connectivity index (χ4v) is 8.56. The lowest BCUT2D eigenvalue weighted by molar-refractivity contribution is -0.151. The van der Waals surface area contributed by atoms with Crippen LogP contribution in [0, 0.1) is 0 Å². The quantitative estimate of drug-likeness (QED) is 0.0321. The van der Waals surface area contributed by atoms with Gasteiger partial charge in [-0.25, -0.2) is 0 Å². The average Bonchev–Trinajstić information content (AvgIpc) is 3.28. The van der Waals surface area contributed by atoms with Gasteiger partial charge in [-0.3, -0.25) is 9.59 Å². The number of unbranched alkanes of at least 4 members (excludes halogenated alkanes) is 32. The Morgan fingerprint density at radius 1 is 0.476 bits per heavy atom. The molecule has 0 aromatic heterocycles. The summed E-state index contributed by atoms with van der Waals surface area (Å²) in [6, 6.07) is -0.703. The molecule has 6 heteroatoms. The number of amides is 1. The van der Waals surface area contributed by atoms with Crippen molar-refractivity contribution in [2.45, 2.75) is 309 Å². The number of nitrogens with one attached hydrogen (secondary N) is 1. The molecule has 3 atom stereocenters. The summed E-state index contributed by atoms with van der Waals surface area (Å²) in [7, 11) is 0. The Balaban J connectivity index is 4.55. The first kappa shape index (κ1) is 61.1. The average molecular weight is 886 g/mol. The van der Waals surface area contributed by atoms with E-state index in [4.69, 9.17) is 4.74 Å². The molecule has 0 heterocycles. The zero-order valence-corrected chi connectivity index (χ0v) is 42.2. The van der Waals surface area contributed by atoms with E-state index in [1.807, 2.05) is 0 Å². The van der Waals surface area contributed by atoms with E-state index in [0.29, 0.717) is 19.3 Å². The molecule has 0 aliphatic carbocycles. The molecule has 3 unspecified atom stereocenters. The van der Waals surface area contributed by atoms with Gasteiger partial charge < -0.3 is 20.3 Å². The van der Waals surface area contributed by atoms with E-state index in [2.05, 4.69) is 62.5 Å². The Morgan fingerprint density at radius 2 is 0.857 bits per heavy atom. The third-order valence-electron chi connectivity index (χ3n) is 12.7. The molecule has 63 heavy (non-hydrogen) atoms. The van der Waals surface area contributed by atoms with Gasteiger partial charge in [0.1, 0.15) is 6.10 Å². The first-order valence-electron chi connectivity index (χ1n) is 27.7. The largest absolute Gasteiger partial charge is 0.462 e. The van der Waals surface area contributed by atoms with Crippen molar-refractivity contribution in [3.63, 3.8) is 0 Å². The number of hydrogen-bond acceptors (Lipinski definition) is 5. The standard InChI is InChI=1S/C57H107NO5/c1-4-7-10-13-16-19-22-25-28-30-33-36-39-42-45-48-53(63-57(62)50-47-44-41-38-35-32-27-24-21-18-15-12-9-6-3)51-56(61)58-54(52-59)55(60)49-46-43-40-37-34-31-29-26-23-20-17-14-11-8-5-2/h9,12,18,21,27,32,53-55,59-60H,4-8,10-11,13-17,19-20,22-26,28-31,33-52H2,1-3H3,(H,58,61)/b12-9+,21-18+,32-27+. The van der Waals surface area contributed by atoms with Crippen LogP contribution in [0.2, 0.25) is 0 Å². The number of esters is 1. The van der Waals surface area contributed by atoms with E-state index >= 15 is 0 Å². The van der Waals surface area contributed by atoms with Crippen LogP contribution >= 0.6 is 0 Å². The van der Waals surface area contributed by atoms with Gasteiger partial charge in [0.2, 0.25) is 5.91 Å². The summed E-state index contributed by atoms with van der Waals surface area (Å²) in [5.41, 5.74) is 0. The van der Waals surface area contributed by atoms with Crippen molar-refractivity contribution >= 4 is 11.9 Å². The van der Waals surface area contributed by atoms with Crippen LogP contribution in [-0.4, -0.2) is 46.9 Å². The van der Waals surface area contributed by atoms with Gasteiger partial charge in [-0.2, -0.15) is 0 Å². The van der Waals surface area contributed by atoms with E-state index in [0.717, 1.165) is 77.0 Å². The minimum atomic E-state index is -0.789. The molecule has 0 radical (unpaired) electrons. The topological polar surface area (TPSA) is 95.9 Å². The Hall–Kier alpha value is -1.92. The van der Waals surface area contributed by atoms with Gasteiger partial charge in [0, 0.05) is 6.42 Å². The molecule has 3 N–H and O–H groups in total. The lowest BCUT2D eigenvalue weighted by Crippen LogP contribution is -2.46. The van der Waals surface area contributed by atoms with Crippen molar-refractivity contribution in [3.8, 4) is 0 Å². The summed E-state index contributed by atoms with van der Waals surface area (Å²) in [5.74, 6) is -0.485. The van der Waals surface area contributed by atoms with E-state index < -0.39 is 18.2 Å². The molecule has 0 aromatic rings. The normalized spacial score (nSPS) is 13.4. The summed E-state index contributed by atoms with van der Waals surface area (Å²) in [4.78, 5) is 26.2. The Labute approximate surface area is 392 Å². The van der Waals surface area contributed by atoms with Crippen molar-refractivity contribution in [1.82, 2.24) is 5.32 Å². The number of ether oxygens (including phenoxy) is 1. The minimum Gasteiger partial charge on any atom is -0.462 e. The minimum absolute atomic E-state index is 0.0729. The van der Waals surface area contributed by atoms with E-state index in [9.17, 15) is 19.8 Å². The van der Waals surface area contributed by atoms with E-state index in [1.165, 1.54) is 167 Å². The van der Waals surface area contributed by atoms with Crippen LogP contribution in [0.15, 0.2) is 36.5 Å². The van der Waals surface area contributed by atoms with Crippen molar-refractivity contribution in [3.05, 3.63) is 36.5 Å². The van der Waals surface area contributed by atoms with Gasteiger partial charge in [-0.05, 0) is 57.8 Å². The third-order valence-corrected chi connectivity index (χ3v) is 12.7. The van der Waals surface area contributed by atoms with E-state index in [-0.39, 0.29) is 24.9 Å². The van der Waals surface area contributed by atoms with Crippen LogP contribution in [-0.2, 0) is 14.3 Å². The molecule has 0 saturated carbocycles. The summed E-state index contributed by atoms with van der Waals surface area (Å²) in [6.45, 7) is 6.40. The fourth-order valence-electron chi connectivity index (χ4n) is 8.56. The molecule has 6 nitrogen and oxygen atoms in total. The highest BCUT2D eigenvalue weighted by molar-refractivity contribution is 5.77. The monoisotopic (exact) mass is 886 g/mol. The summed E-state index contributed by atoms with van der Waals surface area (Å²) in [5, 5.41) is 23.9. The van der Waals surface area contributed by atoms with Crippen molar-refractivity contribution in [1.29, 1.82) is 0 Å². The maximum Gasteiger partial charge on any atom is 0.306 e. The SMILES string of the molecule is CC/C=C/C/C=C/C/C=C/CCCCCCC(=O)OC(CCCCCCCCCCCCCCCCC)CC(=O)NC(CO)C(O)CCCCCCCCCCCCCCCCC. The van der Waals surface area contributed by atoms with E-state index in [1.54, 1.807) is 0 Å². The van der Waals surface area contributed by atoms with Crippen LogP contribution in [0.25, 0.3) is 0 Å². The number of carbonyl (C=O) groups is 2. The van der Waals surface area contributed by atoms with Gasteiger partial charge in [-0.15, -0.1) is 0 Å². The molecule has 0 bridgehead atoms.